The van der Waals surface area contributed by atoms with E-state index in [0.717, 1.165) is 16.7 Å². The van der Waals surface area contributed by atoms with Crippen molar-refractivity contribution in [2.45, 2.75) is 24.3 Å². The fourth-order valence-corrected chi connectivity index (χ4v) is 4.04. The average Bonchev–Trinajstić information content (AvgIpc) is 2.70. The van der Waals surface area contributed by atoms with Gasteiger partial charge in [-0.2, -0.15) is 0 Å². The molecule has 0 aliphatic rings. The Labute approximate surface area is 170 Å². The zero-order chi connectivity index (χ0) is 21.0. The first-order chi connectivity index (χ1) is 13.8. The number of rotatable bonds is 7. The topological polar surface area (TPSA) is 109 Å². The number of carbonyl (C=O) groups is 1. The number of nitrogens with one attached hydrogen (secondary N) is 1. The summed E-state index contributed by atoms with van der Waals surface area (Å²) >= 11 is 0. The zero-order valence-electron chi connectivity index (χ0n) is 15.9. The van der Waals surface area contributed by atoms with E-state index >= 15 is 0 Å². The van der Waals surface area contributed by atoms with Crippen LogP contribution in [0, 0.1) is 6.92 Å². The summed E-state index contributed by atoms with van der Waals surface area (Å²) in [5, 5.41) is 9.01. The molecule has 0 unspecified atom stereocenters. The highest BCUT2D eigenvalue weighted by Crippen LogP contribution is 2.24. The van der Waals surface area contributed by atoms with E-state index in [-0.39, 0.29) is 11.3 Å². The quantitative estimate of drug-likeness (QED) is 0.553. The van der Waals surface area contributed by atoms with Crippen LogP contribution in [-0.4, -0.2) is 25.5 Å². The maximum atomic E-state index is 12.8. The number of aryl methyl sites for hydroxylation is 1. The Hall–Kier alpha value is -3.16. The van der Waals surface area contributed by atoms with E-state index in [4.69, 9.17) is 10.8 Å². The summed E-state index contributed by atoms with van der Waals surface area (Å²) < 4.78 is 28.1. The van der Waals surface area contributed by atoms with Crippen LogP contribution in [0.25, 0.3) is 11.1 Å². The Balaban J connectivity index is 1.81. The van der Waals surface area contributed by atoms with Crippen LogP contribution in [0.2, 0.25) is 0 Å². The van der Waals surface area contributed by atoms with E-state index in [1.807, 2.05) is 42.5 Å². The van der Waals surface area contributed by atoms with Gasteiger partial charge in [-0.1, -0.05) is 48.5 Å². The van der Waals surface area contributed by atoms with Gasteiger partial charge in [0.25, 0.3) is 10.0 Å². The summed E-state index contributed by atoms with van der Waals surface area (Å²) in [5.41, 5.74) is 9.43. The van der Waals surface area contributed by atoms with E-state index in [1.165, 1.54) is 12.1 Å². The highest BCUT2D eigenvalue weighted by molar-refractivity contribution is 7.92. The van der Waals surface area contributed by atoms with Crippen molar-refractivity contribution >= 4 is 21.7 Å². The van der Waals surface area contributed by atoms with Crippen LogP contribution in [0.4, 0.5) is 5.69 Å². The maximum absolute atomic E-state index is 12.8. The van der Waals surface area contributed by atoms with E-state index < -0.39 is 22.0 Å². The number of aliphatic carboxylic acids is 1. The number of carboxylic acid groups (broad SMARTS) is 1. The van der Waals surface area contributed by atoms with E-state index in [9.17, 15) is 13.2 Å². The van der Waals surface area contributed by atoms with Crippen LogP contribution in [0.1, 0.15) is 11.1 Å². The van der Waals surface area contributed by atoms with Crippen molar-refractivity contribution in [1.29, 1.82) is 0 Å². The van der Waals surface area contributed by atoms with Gasteiger partial charge in [0.2, 0.25) is 0 Å². The first kappa shape index (κ1) is 20.6. The van der Waals surface area contributed by atoms with Gasteiger partial charge < -0.3 is 10.8 Å². The highest BCUT2D eigenvalue weighted by atomic mass is 32.2. The molecule has 0 bridgehead atoms. The van der Waals surface area contributed by atoms with Crippen LogP contribution in [0.3, 0.4) is 0 Å². The van der Waals surface area contributed by atoms with Crippen molar-refractivity contribution in [3.05, 3.63) is 83.9 Å². The van der Waals surface area contributed by atoms with Gasteiger partial charge in [0.15, 0.2) is 0 Å². The Kier molecular flexibility index (Phi) is 6.00. The first-order valence-corrected chi connectivity index (χ1v) is 10.5. The summed E-state index contributed by atoms with van der Waals surface area (Å²) in [4.78, 5) is 11.1. The molecule has 3 rings (SSSR count). The van der Waals surface area contributed by atoms with Gasteiger partial charge in [-0.25, -0.2) is 8.42 Å². The van der Waals surface area contributed by atoms with Crippen LogP contribution in [-0.2, 0) is 21.2 Å². The molecule has 0 saturated carbocycles. The van der Waals surface area contributed by atoms with Crippen molar-refractivity contribution in [3.63, 3.8) is 0 Å². The lowest BCUT2D eigenvalue weighted by molar-refractivity contribution is -0.138. The molecule has 1 atom stereocenters. The highest BCUT2D eigenvalue weighted by Gasteiger charge is 2.18. The molecular weight excluding hydrogens is 388 g/mol. The molecule has 0 heterocycles. The molecule has 0 spiro atoms. The molecule has 0 fully saturated rings. The summed E-state index contributed by atoms with van der Waals surface area (Å²) in [7, 11) is -3.82. The molecule has 0 saturated heterocycles. The van der Waals surface area contributed by atoms with Gasteiger partial charge in [-0.15, -0.1) is 0 Å². The number of hydrogen-bond acceptors (Lipinski definition) is 4. The Morgan fingerprint density at radius 1 is 1.00 bits per heavy atom. The van der Waals surface area contributed by atoms with Crippen molar-refractivity contribution < 1.29 is 18.3 Å². The number of anilines is 1. The van der Waals surface area contributed by atoms with Gasteiger partial charge in [0, 0.05) is 5.69 Å². The van der Waals surface area contributed by atoms with Gasteiger partial charge in [-0.3, -0.25) is 9.52 Å². The van der Waals surface area contributed by atoms with Crippen LogP contribution in [0.5, 0.6) is 0 Å². The molecule has 0 aliphatic carbocycles. The SMILES string of the molecule is Cc1ccc(S(=O)(=O)Nc2ccc(-c3ccccc3)cc2)cc1C[C@H](N)C(=O)O. The molecule has 0 aromatic heterocycles. The molecular formula is C22H22N2O4S. The Bertz CT molecular complexity index is 1110. The second-order valence-corrected chi connectivity index (χ2v) is 8.47. The summed E-state index contributed by atoms with van der Waals surface area (Å²) in [6.07, 6.45) is 0.0519. The van der Waals surface area contributed by atoms with E-state index in [1.54, 1.807) is 25.1 Å². The van der Waals surface area contributed by atoms with Crippen LogP contribution in [0.15, 0.2) is 77.7 Å². The molecule has 7 heteroatoms. The number of nitrogens with two attached hydrogens (primary N) is 1. The standard InChI is InChI=1S/C22H22N2O4S/c1-15-7-12-20(13-18(15)14-21(23)22(25)26)29(27,28)24-19-10-8-17(9-11-19)16-5-3-2-4-6-16/h2-13,21,24H,14,23H2,1H3,(H,25,26)/t21-/m0/s1. The molecule has 6 nitrogen and oxygen atoms in total. The maximum Gasteiger partial charge on any atom is 0.320 e. The smallest absolute Gasteiger partial charge is 0.320 e. The van der Waals surface area contributed by atoms with Gasteiger partial charge in [0.05, 0.1) is 4.90 Å². The first-order valence-electron chi connectivity index (χ1n) is 9.02. The monoisotopic (exact) mass is 410 g/mol. The Morgan fingerprint density at radius 2 is 1.62 bits per heavy atom. The molecule has 29 heavy (non-hydrogen) atoms. The molecule has 3 aromatic carbocycles. The van der Waals surface area contributed by atoms with Crippen molar-refractivity contribution in [2.24, 2.45) is 5.73 Å². The fourth-order valence-electron chi connectivity index (χ4n) is 2.93. The molecule has 0 radical (unpaired) electrons. The summed E-state index contributed by atoms with van der Waals surface area (Å²) in [5.74, 6) is -1.13. The van der Waals surface area contributed by atoms with Crippen molar-refractivity contribution in [1.82, 2.24) is 0 Å². The lowest BCUT2D eigenvalue weighted by Crippen LogP contribution is -2.32. The normalized spacial score (nSPS) is 12.3. The molecule has 4 N–H and O–H groups in total. The van der Waals surface area contributed by atoms with Crippen molar-refractivity contribution in [2.75, 3.05) is 4.72 Å². The van der Waals surface area contributed by atoms with E-state index in [0.29, 0.717) is 11.3 Å². The second-order valence-electron chi connectivity index (χ2n) is 6.79. The second kappa shape index (κ2) is 8.46. The minimum absolute atomic E-state index is 0.0519. The van der Waals surface area contributed by atoms with Crippen molar-refractivity contribution in [3.8, 4) is 11.1 Å². The fraction of sp³-hybridized carbons (Fsp3) is 0.136. The molecule has 0 amide bonds. The third kappa shape index (κ3) is 5.01. The van der Waals surface area contributed by atoms with Gasteiger partial charge in [-0.05, 0) is 59.9 Å². The minimum Gasteiger partial charge on any atom is -0.480 e. The van der Waals surface area contributed by atoms with Crippen LogP contribution < -0.4 is 10.5 Å². The minimum atomic E-state index is -3.82. The van der Waals surface area contributed by atoms with Gasteiger partial charge in [0.1, 0.15) is 6.04 Å². The van der Waals surface area contributed by atoms with E-state index in [2.05, 4.69) is 4.72 Å². The lowest BCUT2D eigenvalue weighted by Gasteiger charge is -2.13. The molecule has 0 aliphatic heterocycles. The number of sulfonamides is 1. The third-order valence-corrected chi connectivity index (χ3v) is 6.01. The zero-order valence-corrected chi connectivity index (χ0v) is 16.7. The van der Waals surface area contributed by atoms with Crippen LogP contribution >= 0.6 is 0 Å². The largest absolute Gasteiger partial charge is 0.480 e. The number of benzene rings is 3. The Morgan fingerprint density at radius 3 is 2.24 bits per heavy atom. The molecule has 3 aromatic rings. The summed E-state index contributed by atoms with van der Waals surface area (Å²) in [6.45, 7) is 1.79. The molecule has 150 valence electrons. The lowest BCUT2D eigenvalue weighted by atomic mass is 10.0. The number of carboxylic acids is 1. The third-order valence-electron chi connectivity index (χ3n) is 4.63. The predicted octanol–water partition coefficient (Wildman–Crippen LogP) is 3.42. The predicted molar refractivity (Wildman–Crippen MR) is 113 cm³/mol. The van der Waals surface area contributed by atoms with Gasteiger partial charge >= 0.3 is 5.97 Å². The summed E-state index contributed by atoms with van der Waals surface area (Å²) in [6, 6.07) is 20.4. The average molecular weight is 410 g/mol. The number of hydrogen-bond donors (Lipinski definition) is 3.